The molecule has 0 atom stereocenters. The molecule has 4 bridgehead atoms. The van der Waals surface area contributed by atoms with Crippen LogP contribution in [0.4, 0.5) is 0 Å². The summed E-state index contributed by atoms with van der Waals surface area (Å²) in [6.45, 7) is 0. The Labute approximate surface area is 263 Å². The zero-order chi connectivity index (χ0) is 29.3. The molecule has 1 spiro atoms. The first-order chi connectivity index (χ1) is 22.3. The first-order valence-corrected chi connectivity index (χ1v) is 16.9. The van der Waals surface area contributed by atoms with Crippen LogP contribution in [0.3, 0.4) is 0 Å². The van der Waals surface area contributed by atoms with Gasteiger partial charge in [0.2, 0.25) is 0 Å². The topological polar surface area (TPSA) is 13.1 Å². The van der Waals surface area contributed by atoms with E-state index >= 15 is 0 Å². The van der Waals surface area contributed by atoms with Crippen molar-refractivity contribution in [1.29, 1.82) is 0 Å². The Morgan fingerprint density at radius 1 is 0.467 bits per heavy atom. The zero-order valence-corrected chi connectivity index (χ0v) is 25.3. The number of hydrogen-bond donors (Lipinski definition) is 0. The fraction of sp³-hybridized carbons (Fsp3) is 0.227. The van der Waals surface area contributed by atoms with Crippen molar-refractivity contribution in [1.82, 2.24) is 0 Å². The van der Waals surface area contributed by atoms with Crippen molar-refractivity contribution in [2.45, 2.75) is 37.5 Å². The number of para-hydroxylation sites is 1. The second-order valence-corrected chi connectivity index (χ2v) is 14.5. The Hall–Kier alpha value is -4.62. The molecular weight excluding hydrogens is 544 g/mol. The van der Waals surface area contributed by atoms with E-state index in [1.54, 1.807) is 11.1 Å². The normalized spacial score (nSPS) is 25.9. The maximum Gasteiger partial charge on any atom is 0.135 e. The average Bonchev–Trinajstić information content (AvgIpc) is 3.60. The molecule has 0 N–H and O–H groups in total. The van der Waals surface area contributed by atoms with Crippen LogP contribution in [0.15, 0.2) is 126 Å². The molecule has 1 heterocycles. The van der Waals surface area contributed by atoms with Gasteiger partial charge in [-0.2, -0.15) is 0 Å². The summed E-state index contributed by atoms with van der Waals surface area (Å²) in [6, 6.07) is 45.8. The van der Waals surface area contributed by atoms with Crippen LogP contribution in [-0.2, 0) is 5.41 Å². The molecule has 1 aromatic heterocycles. The van der Waals surface area contributed by atoms with E-state index in [1.807, 2.05) is 0 Å². The fourth-order valence-corrected chi connectivity index (χ4v) is 11.0. The molecule has 0 radical (unpaired) electrons. The van der Waals surface area contributed by atoms with E-state index in [1.165, 1.54) is 87.0 Å². The van der Waals surface area contributed by atoms with Crippen LogP contribution in [0.2, 0.25) is 0 Å². The van der Waals surface area contributed by atoms with Gasteiger partial charge in [0.15, 0.2) is 0 Å². The largest absolute Gasteiger partial charge is 0.456 e. The summed E-state index contributed by atoms with van der Waals surface area (Å²) in [4.78, 5) is 0. The van der Waals surface area contributed by atoms with Crippen molar-refractivity contribution < 1.29 is 4.42 Å². The minimum atomic E-state index is 0.112. The molecule has 216 valence electrons. The Morgan fingerprint density at radius 3 is 2.02 bits per heavy atom. The van der Waals surface area contributed by atoms with Crippen molar-refractivity contribution in [2.75, 3.05) is 0 Å². The highest BCUT2D eigenvalue weighted by molar-refractivity contribution is 6.08. The van der Waals surface area contributed by atoms with E-state index < -0.39 is 0 Å². The van der Waals surface area contributed by atoms with Gasteiger partial charge < -0.3 is 4.42 Å². The molecule has 5 aliphatic carbocycles. The summed E-state index contributed by atoms with van der Waals surface area (Å²) in [5, 5.41) is 5.02. The van der Waals surface area contributed by atoms with Crippen molar-refractivity contribution >= 4 is 32.7 Å². The first kappa shape index (κ1) is 24.7. The zero-order valence-electron chi connectivity index (χ0n) is 25.3. The van der Waals surface area contributed by atoms with Gasteiger partial charge in [0, 0.05) is 16.2 Å². The molecule has 4 saturated carbocycles. The van der Waals surface area contributed by atoms with E-state index in [0.717, 1.165) is 34.8 Å². The summed E-state index contributed by atoms with van der Waals surface area (Å²) in [6.07, 6.45) is 7.03. The SMILES string of the molecule is c1ccc2c(c1)-c1c(-c3ccc4oc5ccccc5c4c3)cc(-c3cccc4ccccc34)cc1C21C2CC3CC(C2)CC1C3. The molecule has 0 amide bonds. The maximum atomic E-state index is 6.29. The highest BCUT2D eigenvalue weighted by Gasteiger charge is 2.61. The van der Waals surface area contributed by atoms with E-state index in [9.17, 15) is 0 Å². The lowest BCUT2D eigenvalue weighted by Crippen LogP contribution is -2.55. The predicted octanol–water partition coefficient (Wildman–Crippen LogP) is 11.8. The van der Waals surface area contributed by atoms with Gasteiger partial charge in [-0.3, -0.25) is 0 Å². The third kappa shape index (κ3) is 3.19. The van der Waals surface area contributed by atoms with Gasteiger partial charge in [-0.15, -0.1) is 0 Å². The smallest absolute Gasteiger partial charge is 0.135 e. The molecule has 1 nitrogen and oxygen atoms in total. The van der Waals surface area contributed by atoms with Crippen LogP contribution >= 0.6 is 0 Å². The molecule has 7 aromatic rings. The number of rotatable bonds is 2. The minimum absolute atomic E-state index is 0.112. The lowest BCUT2D eigenvalue weighted by atomic mass is 9.43. The van der Waals surface area contributed by atoms with Gasteiger partial charge >= 0.3 is 0 Å². The molecule has 12 rings (SSSR count). The Kier molecular flexibility index (Phi) is 4.80. The second kappa shape index (κ2) is 8.76. The number of fused-ring (bicyclic) bond motifs is 7. The maximum absolute atomic E-state index is 6.29. The molecule has 45 heavy (non-hydrogen) atoms. The van der Waals surface area contributed by atoms with Crippen LogP contribution in [-0.4, -0.2) is 0 Å². The first-order valence-electron chi connectivity index (χ1n) is 16.9. The third-order valence-corrected chi connectivity index (χ3v) is 12.4. The molecule has 0 aliphatic heterocycles. The van der Waals surface area contributed by atoms with Crippen molar-refractivity contribution in [3.05, 3.63) is 132 Å². The lowest BCUT2D eigenvalue weighted by Gasteiger charge is -2.61. The highest BCUT2D eigenvalue weighted by atomic mass is 16.3. The van der Waals surface area contributed by atoms with Crippen LogP contribution in [0, 0.1) is 23.7 Å². The molecular formula is C44H34O. The Morgan fingerprint density at radius 2 is 1.16 bits per heavy atom. The second-order valence-electron chi connectivity index (χ2n) is 14.5. The van der Waals surface area contributed by atoms with Gasteiger partial charge in [0.25, 0.3) is 0 Å². The summed E-state index contributed by atoms with van der Waals surface area (Å²) in [5.74, 6) is 3.30. The minimum Gasteiger partial charge on any atom is -0.456 e. The van der Waals surface area contributed by atoms with Crippen LogP contribution in [0.1, 0.15) is 43.2 Å². The highest BCUT2D eigenvalue weighted by Crippen LogP contribution is 2.70. The van der Waals surface area contributed by atoms with Crippen LogP contribution < -0.4 is 0 Å². The van der Waals surface area contributed by atoms with E-state index in [-0.39, 0.29) is 5.41 Å². The van der Waals surface area contributed by atoms with Gasteiger partial charge in [-0.1, -0.05) is 91.0 Å². The summed E-state index contributed by atoms with van der Waals surface area (Å²) < 4.78 is 6.29. The molecule has 6 aromatic carbocycles. The summed E-state index contributed by atoms with van der Waals surface area (Å²) in [5.41, 5.74) is 13.5. The van der Waals surface area contributed by atoms with Gasteiger partial charge in [0.05, 0.1) is 0 Å². The van der Waals surface area contributed by atoms with E-state index in [2.05, 4.69) is 121 Å². The lowest BCUT2D eigenvalue weighted by molar-refractivity contribution is -0.0399. The van der Waals surface area contributed by atoms with Crippen molar-refractivity contribution in [2.24, 2.45) is 23.7 Å². The molecule has 1 heteroatoms. The van der Waals surface area contributed by atoms with Crippen LogP contribution in [0.5, 0.6) is 0 Å². The van der Waals surface area contributed by atoms with Gasteiger partial charge in [-0.25, -0.2) is 0 Å². The van der Waals surface area contributed by atoms with E-state index in [0.29, 0.717) is 0 Å². The van der Waals surface area contributed by atoms with Gasteiger partial charge in [0.1, 0.15) is 11.2 Å². The quantitative estimate of drug-likeness (QED) is 0.199. The predicted molar refractivity (Wildman–Crippen MR) is 185 cm³/mol. The summed E-state index contributed by atoms with van der Waals surface area (Å²) >= 11 is 0. The third-order valence-electron chi connectivity index (χ3n) is 12.4. The fourth-order valence-electron chi connectivity index (χ4n) is 11.0. The van der Waals surface area contributed by atoms with Crippen molar-refractivity contribution in [3.8, 4) is 33.4 Å². The monoisotopic (exact) mass is 578 g/mol. The average molecular weight is 579 g/mol. The Bertz CT molecular complexity index is 2320. The number of furan rings is 1. The Balaban J connectivity index is 1.25. The molecule has 5 aliphatic rings. The summed E-state index contributed by atoms with van der Waals surface area (Å²) in [7, 11) is 0. The number of benzene rings is 6. The number of hydrogen-bond acceptors (Lipinski definition) is 1. The molecule has 0 unspecified atom stereocenters. The van der Waals surface area contributed by atoms with Crippen molar-refractivity contribution in [3.63, 3.8) is 0 Å². The standard InChI is InChI=1S/C44H34O/c1-2-10-33-28(8-1)9-7-13-34(33)30-24-37(29-16-17-42-38(23-29)35-11-4-6-15-41(35)45-42)43-36-12-3-5-14-39(36)44(40(43)25-30)31-19-26-18-27(21-31)22-32(44)20-26/h1-17,23-27,31-32H,18-22H2. The molecule has 0 saturated heterocycles. The van der Waals surface area contributed by atoms with E-state index in [4.69, 9.17) is 4.42 Å². The van der Waals surface area contributed by atoms with Crippen LogP contribution in [0.25, 0.3) is 66.1 Å². The van der Waals surface area contributed by atoms with Gasteiger partial charge in [-0.05, 0) is 141 Å². The molecule has 4 fully saturated rings.